The highest BCUT2D eigenvalue weighted by molar-refractivity contribution is 4.79. The Bertz CT molecular complexity index is 120. The zero-order chi connectivity index (χ0) is 8.10. The fourth-order valence-electron chi connectivity index (χ4n) is 1.95. The van der Waals surface area contributed by atoms with Crippen LogP contribution in [0.3, 0.4) is 0 Å². The van der Waals surface area contributed by atoms with Gasteiger partial charge in [0.25, 0.3) is 0 Å². The van der Waals surface area contributed by atoms with Gasteiger partial charge in [0.05, 0.1) is 0 Å². The molecule has 1 fully saturated rings. The van der Waals surface area contributed by atoms with Crippen LogP contribution in [0.5, 0.6) is 0 Å². The minimum absolute atomic E-state index is 0.461. The van der Waals surface area contributed by atoms with E-state index in [0.29, 0.717) is 6.04 Å². The minimum atomic E-state index is 0.461. The molecule has 0 bridgehead atoms. The molecule has 1 saturated carbocycles. The molecule has 0 heterocycles. The average Bonchev–Trinajstić information content (AvgIpc) is 2.15. The Balaban J connectivity index is 2.32. The number of nitrogens with two attached hydrogens (primary N) is 1. The summed E-state index contributed by atoms with van der Waals surface area (Å²) in [5.41, 5.74) is 5.92. The van der Waals surface area contributed by atoms with E-state index in [1.165, 1.54) is 32.1 Å². The normalized spacial score (nSPS) is 32.8. The van der Waals surface area contributed by atoms with Gasteiger partial charge in [-0.25, -0.2) is 0 Å². The molecular weight excluding hydrogens is 134 g/mol. The van der Waals surface area contributed by atoms with E-state index in [0.717, 1.165) is 12.3 Å². The maximum absolute atomic E-state index is 5.92. The first-order valence-electron chi connectivity index (χ1n) is 4.69. The van der Waals surface area contributed by atoms with Crippen LogP contribution >= 0.6 is 0 Å². The number of hydrogen-bond acceptors (Lipinski definition) is 1. The number of hydrogen-bond donors (Lipinski definition) is 1. The van der Waals surface area contributed by atoms with Gasteiger partial charge in [-0.1, -0.05) is 25.3 Å². The van der Waals surface area contributed by atoms with Crippen LogP contribution in [0.25, 0.3) is 0 Å². The maximum Gasteiger partial charge on any atom is 0.00415 e. The molecule has 1 unspecified atom stereocenters. The summed E-state index contributed by atoms with van der Waals surface area (Å²) in [6.07, 6.45) is 9.69. The lowest BCUT2D eigenvalue weighted by atomic mass is 9.95. The van der Waals surface area contributed by atoms with Gasteiger partial charge in [0.2, 0.25) is 0 Å². The Morgan fingerprint density at radius 2 is 2.09 bits per heavy atom. The van der Waals surface area contributed by atoms with Crippen molar-refractivity contribution < 1.29 is 0 Å². The van der Waals surface area contributed by atoms with Gasteiger partial charge in [-0.05, 0) is 25.2 Å². The second-order valence-corrected chi connectivity index (χ2v) is 3.67. The SMILES string of the molecule is C=CCC1CCCC[C@@H](N)C1. The summed E-state index contributed by atoms with van der Waals surface area (Å²) in [6.45, 7) is 3.77. The van der Waals surface area contributed by atoms with Gasteiger partial charge in [-0.15, -0.1) is 6.58 Å². The van der Waals surface area contributed by atoms with Crippen molar-refractivity contribution in [1.29, 1.82) is 0 Å². The standard InChI is InChI=1S/C10H19N/c1-2-5-9-6-3-4-7-10(11)8-9/h2,9-10H,1,3-8,11H2/t9?,10-/m1/s1. The van der Waals surface area contributed by atoms with Crippen LogP contribution in [0.15, 0.2) is 12.7 Å². The van der Waals surface area contributed by atoms with Gasteiger partial charge in [0.1, 0.15) is 0 Å². The van der Waals surface area contributed by atoms with Crippen molar-refractivity contribution in [2.45, 2.75) is 44.6 Å². The van der Waals surface area contributed by atoms with Crippen LogP contribution < -0.4 is 5.73 Å². The molecule has 64 valence electrons. The topological polar surface area (TPSA) is 26.0 Å². The Morgan fingerprint density at radius 3 is 2.82 bits per heavy atom. The molecule has 0 aliphatic heterocycles. The predicted octanol–water partition coefficient (Wildman–Crippen LogP) is 2.47. The summed E-state index contributed by atoms with van der Waals surface area (Å²) in [5, 5.41) is 0. The van der Waals surface area contributed by atoms with E-state index in [4.69, 9.17) is 5.73 Å². The molecule has 0 amide bonds. The molecule has 0 aromatic heterocycles. The number of allylic oxidation sites excluding steroid dienone is 1. The van der Waals surface area contributed by atoms with E-state index in [1.54, 1.807) is 0 Å². The third-order valence-electron chi connectivity index (χ3n) is 2.57. The van der Waals surface area contributed by atoms with Crippen molar-refractivity contribution in [2.24, 2.45) is 11.7 Å². The number of rotatable bonds is 2. The van der Waals surface area contributed by atoms with Crippen LogP contribution in [-0.2, 0) is 0 Å². The van der Waals surface area contributed by atoms with E-state index >= 15 is 0 Å². The molecular formula is C10H19N. The van der Waals surface area contributed by atoms with Gasteiger partial charge in [-0.3, -0.25) is 0 Å². The molecule has 1 rings (SSSR count). The van der Waals surface area contributed by atoms with Gasteiger partial charge < -0.3 is 5.73 Å². The smallest absolute Gasteiger partial charge is 0.00415 e. The summed E-state index contributed by atoms with van der Waals surface area (Å²) >= 11 is 0. The highest BCUT2D eigenvalue weighted by Gasteiger charge is 2.15. The molecule has 0 spiro atoms. The average molecular weight is 153 g/mol. The molecule has 1 aliphatic carbocycles. The van der Waals surface area contributed by atoms with E-state index < -0.39 is 0 Å². The summed E-state index contributed by atoms with van der Waals surface area (Å²) in [7, 11) is 0. The molecule has 2 N–H and O–H groups in total. The first-order chi connectivity index (χ1) is 5.33. The Labute approximate surface area is 69.7 Å². The molecule has 0 radical (unpaired) electrons. The molecule has 0 saturated heterocycles. The summed E-state index contributed by atoms with van der Waals surface area (Å²) in [5.74, 6) is 0.824. The second-order valence-electron chi connectivity index (χ2n) is 3.67. The van der Waals surface area contributed by atoms with Crippen LogP contribution in [0, 0.1) is 5.92 Å². The zero-order valence-electron chi connectivity index (χ0n) is 7.26. The van der Waals surface area contributed by atoms with Crippen molar-refractivity contribution in [2.75, 3.05) is 0 Å². The lowest BCUT2D eigenvalue weighted by molar-refractivity contribution is 0.438. The molecule has 2 atom stereocenters. The van der Waals surface area contributed by atoms with E-state index in [1.807, 2.05) is 6.08 Å². The van der Waals surface area contributed by atoms with Crippen LogP contribution in [0.4, 0.5) is 0 Å². The Hall–Kier alpha value is -0.300. The molecule has 1 aliphatic rings. The van der Waals surface area contributed by atoms with Crippen molar-refractivity contribution in [3.05, 3.63) is 12.7 Å². The molecule has 1 heteroatoms. The fraction of sp³-hybridized carbons (Fsp3) is 0.800. The van der Waals surface area contributed by atoms with Crippen molar-refractivity contribution in [3.8, 4) is 0 Å². The van der Waals surface area contributed by atoms with Crippen molar-refractivity contribution >= 4 is 0 Å². The quantitative estimate of drug-likeness (QED) is 0.478. The van der Waals surface area contributed by atoms with Crippen molar-refractivity contribution in [3.63, 3.8) is 0 Å². The highest BCUT2D eigenvalue weighted by Crippen LogP contribution is 2.24. The molecule has 0 aromatic rings. The molecule has 0 aromatic carbocycles. The van der Waals surface area contributed by atoms with Crippen LogP contribution in [-0.4, -0.2) is 6.04 Å². The largest absolute Gasteiger partial charge is 0.328 e. The molecule has 11 heavy (non-hydrogen) atoms. The third kappa shape index (κ3) is 3.06. The van der Waals surface area contributed by atoms with Crippen LogP contribution in [0.2, 0.25) is 0 Å². The van der Waals surface area contributed by atoms with Gasteiger partial charge >= 0.3 is 0 Å². The lowest BCUT2D eigenvalue weighted by Gasteiger charge is -2.14. The molecule has 1 nitrogen and oxygen atoms in total. The Kier molecular flexibility index (Phi) is 3.64. The third-order valence-corrected chi connectivity index (χ3v) is 2.57. The first kappa shape index (κ1) is 8.79. The predicted molar refractivity (Wildman–Crippen MR) is 49.4 cm³/mol. The lowest BCUT2D eigenvalue weighted by Crippen LogP contribution is -2.21. The van der Waals surface area contributed by atoms with E-state index in [-0.39, 0.29) is 0 Å². The highest BCUT2D eigenvalue weighted by atomic mass is 14.6. The van der Waals surface area contributed by atoms with Gasteiger partial charge in [0.15, 0.2) is 0 Å². The van der Waals surface area contributed by atoms with E-state index in [2.05, 4.69) is 6.58 Å². The van der Waals surface area contributed by atoms with Crippen LogP contribution in [0.1, 0.15) is 38.5 Å². The maximum atomic E-state index is 5.92. The monoisotopic (exact) mass is 153 g/mol. The minimum Gasteiger partial charge on any atom is -0.328 e. The zero-order valence-corrected chi connectivity index (χ0v) is 7.26. The summed E-state index contributed by atoms with van der Waals surface area (Å²) in [6, 6.07) is 0.461. The Morgan fingerprint density at radius 1 is 1.36 bits per heavy atom. The van der Waals surface area contributed by atoms with Crippen molar-refractivity contribution in [1.82, 2.24) is 0 Å². The first-order valence-corrected chi connectivity index (χ1v) is 4.69. The summed E-state index contributed by atoms with van der Waals surface area (Å²) < 4.78 is 0. The van der Waals surface area contributed by atoms with Gasteiger partial charge in [0, 0.05) is 6.04 Å². The van der Waals surface area contributed by atoms with Gasteiger partial charge in [-0.2, -0.15) is 0 Å². The summed E-state index contributed by atoms with van der Waals surface area (Å²) in [4.78, 5) is 0. The second kappa shape index (κ2) is 4.55. The van der Waals surface area contributed by atoms with E-state index in [9.17, 15) is 0 Å². The fourth-order valence-corrected chi connectivity index (χ4v) is 1.95.